The van der Waals surface area contributed by atoms with Crippen LogP contribution in [0.5, 0.6) is 5.75 Å². The molecule has 0 radical (unpaired) electrons. The Morgan fingerprint density at radius 2 is 2.12 bits per heavy atom. The van der Waals surface area contributed by atoms with Gasteiger partial charge in [0.15, 0.2) is 0 Å². The summed E-state index contributed by atoms with van der Waals surface area (Å²) in [6, 6.07) is 12.3. The monoisotopic (exact) mass is 225 g/mol. The summed E-state index contributed by atoms with van der Waals surface area (Å²) in [6.07, 6.45) is 1.59. The van der Waals surface area contributed by atoms with Gasteiger partial charge in [-0.3, -0.25) is 0 Å². The van der Waals surface area contributed by atoms with Crippen molar-refractivity contribution in [2.75, 3.05) is 11.9 Å². The van der Waals surface area contributed by atoms with Crippen molar-refractivity contribution >= 4 is 11.5 Å². The maximum atomic E-state index is 9.41. The van der Waals surface area contributed by atoms with Gasteiger partial charge in [-0.05, 0) is 24.3 Å². The summed E-state index contributed by atoms with van der Waals surface area (Å²) < 4.78 is 0. The average molecular weight is 225 g/mol. The fraction of sp³-hybridized carbons (Fsp3) is 0.0769. The van der Waals surface area contributed by atoms with E-state index in [0.29, 0.717) is 11.4 Å². The molecule has 0 spiro atoms. The molecule has 1 N–H and O–H groups in total. The molecule has 1 heterocycles. The molecule has 0 atom stereocenters. The van der Waals surface area contributed by atoms with Crippen LogP contribution < -0.4 is 4.90 Å². The Kier molecular flexibility index (Phi) is 2.93. The number of pyridine rings is 1. The summed E-state index contributed by atoms with van der Waals surface area (Å²) in [4.78, 5) is 5.99. The molecule has 0 aliphatic rings. The number of phenols is 1. The number of hydrogen-bond donors (Lipinski definition) is 1. The van der Waals surface area contributed by atoms with E-state index in [0.717, 1.165) is 5.69 Å². The number of rotatable bonds is 2. The normalized spacial score (nSPS) is 9.65. The van der Waals surface area contributed by atoms with E-state index in [-0.39, 0.29) is 5.75 Å². The van der Waals surface area contributed by atoms with E-state index in [2.05, 4.69) is 11.1 Å². The number of aromatic nitrogens is 1. The largest absolute Gasteiger partial charge is 0.508 e. The topological polar surface area (TPSA) is 60.1 Å². The van der Waals surface area contributed by atoms with Gasteiger partial charge in [0.1, 0.15) is 11.6 Å². The lowest BCUT2D eigenvalue weighted by atomic mass is 10.2. The van der Waals surface area contributed by atoms with Crippen LogP contribution in [0.2, 0.25) is 0 Å². The van der Waals surface area contributed by atoms with E-state index in [4.69, 9.17) is 5.26 Å². The van der Waals surface area contributed by atoms with Gasteiger partial charge in [0, 0.05) is 25.0 Å². The van der Waals surface area contributed by atoms with E-state index in [1.165, 1.54) is 0 Å². The zero-order valence-electron chi connectivity index (χ0n) is 9.33. The number of anilines is 2. The molecule has 4 heteroatoms. The molecule has 0 unspecified atom stereocenters. The first kappa shape index (κ1) is 11.0. The van der Waals surface area contributed by atoms with E-state index in [1.54, 1.807) is 41.4 Å². The van der Waals surface area contributed by atoms with Crippen LogP contribution in [0.1, 0.15) is 5.56 Å². The molecule has 0 saturated carbocycles. The van der Waals surface area contributed by atoms with Gasteiger partial charge in [-0.15, -0.1) is 0 Å². The van der Waals surface area contributed by atoms with Gasteiger partial charge in [-0.25, -0.2) is 4.98 Å². The molecule has 2 aromatic rings. The zero-order chi connectivity index (χ0) is 12.3. The Labute approximate surface area is 99.4 Å². The maximum Gasteiger partial charge on any atom is 0.133 e. The van der Waals surface area contributed by atoms with Crippen molar-refractivity contribution in [1.29, 1.82) is 5.26 Å². The fourth-order valence-corrected chi connectivity index (χ4v) is 1.51. The van der Waals surface area contributed by atoms with Crippen LogP contribution in [-0.2, 0) is 0 Å². The first-order valence-electron chi connectivity index (χ1n) is 5.09. The van der Waals surface area contributed by atoms with Crippen LogP contribution in [0.25, 0.3) is 0 Å². The summed E-state index contributed by atoms with van der Waals surface area (Å²) in [5.41, 5.74) is 1.37. The van der Waals surface area contributed by atoms with Crippen molar-refractivity contribution in [2.24, 2.45) is 0 Å². The van der Waals surface area contributed by atoms with Gasteiger partial charge in [0.25, 0.3) is 0 Å². The number of hydrogen-bond acceptors (Lipinski definition) is 4. The molecule has 0 amide bonds. The second-order valence-corrected chi connectivity index (χ2v) is 3.59. The minimum atomic E-state index is 0.200. The highest BCUT2D eigenvalue weighted by Crippen LogP contribution is 2.24. The summed E-state index contributed by atoms with van der Waals surface area (Å²) >= 11 is 0. The van der Waals surface area contributed by atoms with Gasteiger partial charge >= 0.3 is 0 Å². The second kappa shape index (κ2) is 4.54. The van der Waals surface area contributed by atoms with Gasteiger partial charge in [0.2, 0.25) is 0 Å². The van der Waals surface area contributed by atoms with E-state index in [9.17, 15) is 5.11 Å². The van der Waals surface area contributed by atoms with Gasteiger partial charge < -0.3 is 10.0 Å². The molecule has 1 aromatic heterocycles. The highest BCUT2D eigenvalue weighted by Gasteiger charge is 2.06. The molecular formula is C13H11N3O. The third kappa shape index (κ3) is 2.34. The Morgan fingerprint density at radius 1 is 1.29 bits per heavy atom. The van der Waals surface area contributed by atoms with Gasteiger partial charge in [-0.1, -0.05) is 6.07 Å². The second-order valence-electron chi connectivity index (χ2n) is 3.59. The average Bonchev–Trinajstić information content (AvgIpc) is 2.38. The van der Waals surface area contributed by atoms with E-state index in [1.807, 2.05) is 13.1 Å². The first-order chi connectivity index (χ1) is 8.20. The predicted octanol–water partition coefficient (Wildman–Crippen LogP) is 2.43. The summed E-state index contributed by atoms with van der Waals surface area (Å²) in [5.74, 6) is 0.862. The lowest BCUT2D eigenvalue weighted by Gasteiger charge is -2.18. The predicted molar refractivity (Wildman–Crippen MR) is 65.1 cm³/mol. The van der Waals surface area contributed by atoms with Crippen molar-refractivity contribution in [1.82, 2.24) is 4.98 Å². The third-order valence-corrected chi connectivity index (χ3v) is 2.44. The molecule has 0 fully saturated rings. The molecule has 84 valence electrons. The highest BCUT2D eigenvalue weighted by atomic mass is 16.3. The molecule has 0 aliphatic carbocycles. The van der Waals surface area contributed by atoms with Crippen molar-refractivity contribution < 1.29 is 5.11 Å². The van der Waals surface area contributed by atoms with E-state index >= 15 is 0 Å². The smallest absolute Gasteiger partial charge is 0.133 e. The number of phenolic OH excluding ortho intramolecular Hbond substituents is 1. The Bertz CT molecular complexity index is 575. The minimum Gasteiger partial charge on any atom is -0.508 e. The fourth-order valence-electron chi connectivity index (χ4n) is 1.51. The maximum absolute atomic E-state index is 9.41. The van der Waals surface area contributed by atoms with Crippen LogP contribution in [-0.4, -0.2) is 17.1 Å². The summed E-state index contributed by atoms with van der Waals surface area (Å²) in [6.45, 7) is 0. The molecule has 0 bridgehead atoms. The number of aromatic hydroxyl groups is 1. The Morgan fingerprint density at radius 3 is 2.82 bits per heavy atom. The van der Waals surface area contributed by atoms with Gasteiger partial charge in [0.05, 0.1) is 11.6 Å². The zero-order valence-corrected chi connectivity index (χ0v) is 9.33. The van der Waals surface area contributed by atoms with Crippen LogP contribution >= 0.6 is 0 Å². The Hall–Kier alpha value is -2.54. The minimum absolute atomic E-state index is 0.200. The van der Waals surface area contributed by atoms with Crippen LogP contribution in [0.3, 0.4) is 0 Å². The van der Waals surface area contributed by atoms with Gasteiger partial charge in [-0.2, -0.15) is 5.26 Å². The molecule has 0 saturated heterocycles. The number of nitrogens with zero attached hydrogens (tertiary/aromatic N) is 3. The SMILES string of the molecule is CN(c1cccc(O)c1)c1cc(C#N)ccn1. The molecule has 1 aromatic carbocycles. The standard InChI is InChI=1S/C13H11N3O/c1-16(11-3-2-4-12(17)8-11)13-7-10(9-14)5-6-15-13/h2-8,17H,1H3. The van der Waals surface area contributed by atoms with Crippen molar-refractivity contribution in [3.05, 3.63) is 48.2 Å². The number of benzene rings is 1. The molecular weight excluding hydrogens is 214 g/mol. The quantitative estimate of drug-likeness (QED) is 0.852. The third-order valence-electron chi connectivity index (χ3n) is 2.44. The molecule has 2 rings (SSSR count). The van der Waals surface area contributed by atoms with Crippen molar-refractivity contribution in [3.63, 3.8) is 0 Å². The van der Waals surface area contributed by atoms with E-state index < -0.39 is 0 Å². The molecule has 0 aliphatic heterocycles. The Balaban J connectivity index is 2.37. The number of nitriles is 1. The van der Waals surface area contributed by atoms with Crippen LogP contribution in [0.4, 0.5) is 11.5 Å². The molecule has 17 heavy (non-hydrogen) atoms. The highest BCUT2D eigenvalue weighted by molar-refractivity contribution is 5.61. The van der Waals surface area contributed by atoms with Crippen molar-refractivity contribution in [2.45, 2.75) is 0 Å². The lowest BCUT2D eigenvalue weighted by Crippen LogP contribution is -2.10. The van der Waals surface area contributed by atoms with Crippen LogP contribution in [0, 0.1) is 11.3 Å². The first-order valence-corrected chi connectivity index (χ1v) is 5.09. The molecule has 4 nitrogen and oxygen atoms in total. The lowest BCUT2D eigenvalue weighted by molar-refractivity contribution is 0.475. The van der Waals surface area contributed by atoms with Crippen molar-refractivity contribution in [3.8, 4) is 11.8 Å². The summed E-state index contributed by atoms with van der Waals surface area (Å²) in [7, 11) is 1.83. The summed E-state index contributed by atoms with van der Waals surface area (Å²) in [5, 5.41) is 18.2. The van der Waals surface area contributed by atoms with Crippen LogP contribution in [0.15, 0.2) is 42.6 Å².